The van der Waals surface area contributed by atoms with Crippen LogP contribution in [0.5, 0.6) is 5.75 Å². The van der Waals surface area contributed by atoms with Crippen molar-refractivity contribution in [2.24, 2.45) is 0 Å². The largest absolute Gasteiger partial charge is 0.497 e. The molecule has 0 unspecified atom stereocenters. The zero-order chi connectivity index (χ0) is 11.1. The first kappa shape index (κ1) is 11.9. The van der Waals surface area contributed by atoms with Crippen LogP contribution >= 0.6 is 0 Å². The van der Waals surface area contributed by atoms with E-state index in [0.717, 1.165) is 25.4 Å². The number of benzene rings is 1. The van der Waals surface area contributed by atoms with Crippen LogP contribution in [0.3, 0.4) is 0 Å². The lowest BCUT2D eigenvalue weighted by Crippen LogP contribution is -2.26. The lowest BCUT2D eigenvalue weighted by molar-refractivity contribution is 0.205. The van der Waals surface area contributed by atoms with Gasteiger partial charge in [0.05, 0.1) is 13.7 Å². The van der Waals surface area contributed by atoms with Gasteiger partial charge < -0.3 is 14.4 Å². The SMILES string of the molecule is CCN(CCOC)c1cccc(OC)c1. The maximum atomic E-state index is 5.20. The minimum atomic E-state index is 0.741. The molecule has 0 aliphatic rings. The highest BCUT2D eigenvalue weighted by molar-refractivity contribution is 5.50. The van der Waals surface area contributed by atoms with Gasteiger partial charge in [0, 0.05) is 32.0 Å². The van der Waals surface area contributed by atoms with Crippen molar-refractivity contribution in [3.05, 3.63) is 24.3 Å². The molecule has 1 aromatic carbocycles. The fraction of sp³-hybridized carbons (Fsp3) is 0.500. The molecule has 0 heterocycles. The van der Waals surface area contributed by atoms with Crippen LogP contribution in [-0.4, -0.2) is 33.9 Å². The Kier molecular flexibility index (Phi) is 4.98. The van der Waals surface area contributed by atoms with Gasteiger partial charge in [0.2, 0.25) is 0 Å². The predicted molar refractivity (Wildman–Crippen MR) is 62.8 cm³/mol. The van der Waals surface area contributed by atoms with E-state index in [0.29, 0.717) is 0 Å². The third-order valence-electron chi connectivity index (χ3n) is 2.37. The number of hydrogen-bond acceptors (Lipinski definition) is 3. The normalized spacial score (nSPS) is 10.1. The van der Waals surface area contributed by atoms with Gasteiger partial charge in [-0.1, -0.05) is 6.07 Å². The lowest BCUT2D eigenvalue weighted by Gasteiger charge is -2.23. The van der Waals surface area contributed by atoms with Crippen molar-refractivity contribution in [1.29, 1.82) is 0 Å². The van der Waals surface area contributed by atoms with E-state index in [4.69, 9.17) is 9.47 Å². The molecule has 0 atom stereocenters. The van der Waals surface area contributed by atoms with E-state index in [9.17, 15) is 0 Å². The van der Waals surface area contributed by atoms with Crippen LogP contribution in [-0.2, 0) is 4.74 Å². The predicted octanol–water partition coefficient (Wildman–Crippen LogP) is 2.17. The molecule has 0 radical (unpaired) electrons. The Morgan fingerprint density at radius 1 is 1.27 bits per heavy atom. The Labute approximate surface area is 91.6 Å². The summed E-state index contributed by atoms with van der Waals surface area (Å²) in [6, 6.07) is 8.08. The molecular weight excluding hydrogens is 190 g/mol. The average Bonchev–Trinajstić information content (AvgIpc) is 2.30. The number of hydrogen-bond donors (Lipinski definition) is 0. The van der Waals surface area contributed by atoms with Gasteiger partial charge in [0.1, 0.15) is 5.75 Å². The van der Waals surface area contributed by atoms with Gasteiger partial charge in [-0.3, -0.25) is 0 Å². The van der Waals surface area contributed by atoms with Crippen LogP contribution in [0, 0.1) is 0 Å². The van der Waals surface area contributed by atoms with E-state index in [-0.39, 0.29) is 0 Å². The van der Waals surface area contributed by atoms with E-state index in [1.54, 1.807) is 14.2 Å². The second kappa shape index (κ2) is 6.30. The van der Waals surface area contributed by atoms with Crippen molar-refractivity contribution in [3.8, 4) is 5.75 Å². The Hall–Kier alpha value is -1.22. The molecule has 1 aromatic rings. The van der Waals surface area contributed by atoms with Crippen LogP contribution in [0.2, 0.25) is 0 Å². The topological polar surface area (TPSA) is 21.7 Å². The molecule has 0 amide bonds. The maximum Gasteiger partial charge on any atom is 0.120 e. The van der Waals surface area contributed by atoms with Crippen LogP contribution < -0.4 is 9.64 Å². The van der Waals surface area contributed by atoms with E-state index in [1.807, 2.05) is 18.2 Å². The number of nitrogens with zero attached hydrogens (tertiary/aromatic N) is 1. The number of likely N-dealkylation sites (N-methyl/N-ethyl adjacent to an activating group) is 1. The summed E-state index contributed by atoms with van der Waals surface area (Å²) >= 11 is 0. The fourth-order valence-electron chi connectivity index (χ4n) is 1.48. The van der Waals surface area contributed by atoms with E-state index in [2.05, 4.69) is 17.9 Å². The van der Waals surface area contributed by atoms with Gasteiger partial charge in [-0.2, -0.15) is 0 Å². The summed E-state index contributed by atoms with van der Waals surface area (Å²) in [5.41, 5.74) is 1.17. The third kappa shape index (κ3) is 3.44. The number of ether oxygens (including phenoxy) is 2. The molecule has 3 heteroatoms. The molecule has 0 bridgehead atoms. The first-order chi connectivity index (χ1) is 7.31. The van der Waals surface area contributed by atoms with E-state index >= 15 is 0 Å². The van der Waals surface area contributed by atoms with Gasteiger partial charge >= 0.3 is 0 Å². The Morgan fingerprint density at radius 2 is 2.07 bits per heavy atom. The molecule has 0 fully saturated rings. The molecule has 0 saturated heterocycles. The monoisotopic (exact) mass is 209 g/mol. The summed E-state index contributed by atoms with van der Waals surface area (Å²) in [7, 11) is 3.41. The minimum absolute atomic E-state index is 0.741. The summed E-state index contributed by atoms with van der Waals surface area (Å²) in [6.45, 7) is 4.75. The van der Waals surface area contributed by atoms with Gasteiger partial charge in [0.15, 0.2) is 0 Å². The van der Waals surface area contributed by atoms with Gasteiger partial charge in [0.25, 0.3) is 0 Å². The second-order valence-electron chi connectivity index (χ2n) is 3.27. The first-order valence-electron chi connectivity index (χ1n) is 5.19. The van der Waals surface area contributed by atoms with Crippen molar-refractivity contribution < 1.29 is 9.47 Å². The van der Waals surface area contributed by atoms with Gasteiger partial charge in [-0.05, 0) is 19.1 Å². The Bertz CT molecular complexity index is 289. The third-order valence-corrected chi connectivity index (χ3v) is 2.37. The molecule has 1 rings (SSSR count). The molecule has 15 heavy (non-hydrogen) atoms. The summed E-state index contributed by atoms with van der Waals surface area (Å²) in [5, 5.41) is 0. The number of methoxy groups -OCH3 is 2. The van der Waals surface area contributed by atoms with Crippen LogP contribution in [0.15, 0.2) is 24.3 Å². The van der Waals surface area contributed by atoms with Crippen LogP contribution in [0.1, 0.15) is 6.92 Å². The minimum Gasteiger partial charge on any atom is -0.497 e. The number of anilines is 1. The van der Waals surface area contributed by atoms with Crippen LogP contribution in [0.4, 0.5) is 5.69 Å². The number of rotatable bonds is 6. The molecule has 0 aliphatic heterocycles. The van der Waals surface area contributed by atoms with Crippen molar-refractivity contribution in [2.45, 2.75) is 6.92 Å². The second-order valence-corrected chi connectivity index (χ2v) is 3.27. The highest BCUT2D eigenvalue weighted by atomic mass is 16.5. The molecule has 0 aromatic heterocycles. The van der Waals surface area contributed by atoms with Crippen molar-refractivity contribution in [1.82, 2.24) is 0 Å². The lowest BCUT2D eigenvalue weighted by atomic mass is 10.2. The smallest absolute Gasteiger partial charge is 0.120 e. The fourth-order valence-corrected chi connectivity index (χ4v) is 1.48. The van der Waals surface area contributed by atoms with Crippen molar-refractivity contribution in [2.75, 3.05) is 38.8 Å². The zero-order valence-electron chi connectivity index (χ0n) is 9.69. The van der Waals surface area contributed by atoms with Crippen molar-refractivity contribution in [3.63, 3.8) is 0 Å². The first-order valence-corrected chi connectivity index (χ1v) is 5.19. The highest BCUT2D eigenvalue weighted by Crippen LogP contribution is 2.20. The van der Waals surface area contributed by atoms with Crippen LogP contribution in [0.25, 0.3) is 0 Å². The molecule has 3 nitrogen and oxygen atoms in total. The molecule has 0 aliphatic carbocycles. The summed E-state index contributed by atoms with van der Waals surface area (Å²) in [5.74, 6) is 0.892. The van der Waals surface area contributed by atoms with Gasteiger partial charge in [-0.25, -0.2) is 0 Å². The molecule has 84 valence electrons. The standard InChI is InChI=1S/C12H19NO2/c1-4-13(8-9-14-2)11-6-5-7-12(10-11)15-3/h5-7,10H,4,8-9H2,1-3H3. The molecule has 0 saturated carbocycles. The Balaban J connectivity index is 2.72. The van der Waals surface area contributed by atoms with E-state index < -0.39 is 0 Å². The maximum absolute atomic E-state index is 5.20. The summed E-state index contributed by atoms with van der Waals surface area (Å²) in [4.78, 5) is 2.26. The Morgan fingerprint density at radius 3 is 2.67 bits per heavy atom. The highest BCUT2D eigenvalue weighted by Gasteiger charge is 2.04. The zero-order valence-corrected chi connectivity index (χ0v) is 9.69. The van der Waals surface area contributed by atoms with Crippen molar-refractivity contribution >= 4 is 5.69 Å². The molecule has 0 N–H and O–H groups in total. The average molecular weight is 209 g/mol. The molecular formula is C12H19NO2. The van der Waals surface area contributed by atoms with Gasteiger partial charge in [-0.15, -0.1) is 0 Å². The quantitative estimate of drug-likeness (QED) is 0.716. The van der Waals surface area contributed by atoms with E-state index in [1.165, 1.54) is 5.69 Å². The molecule has 0 spiro atoms. The summed E-state index contributed by atoms with van der Waals surface area (Å²) < 4.78 is 10.3. The summed E-state index contributed by atoms with van der Waals surface area (Å²) in [6.07, 6.45) is 0.